The van der Waals surface area contributed by atoms with Gasteiger partial charge in [0, 0.05) is 41.3 Å². The highest BCUT2D eigenvalue weighted by Gasteiger charge is 2.24. The minimum absolute atomic E-state index is 0.0535. The number of aromatic nitrogens is 1. The Morgan fingerprint density at radius 3 is 2.75 bits per heavy atom. The lowest BCUT2D eigenvalue weighted by molar-refractivity contribution is 0.0966. The smallest absolute Gasteiger partial charge is 0.253 e. The van der Waals surface area contributed by atoms with Crippen LogP contribution in [0.5, 0.6) is 0 Å². The number of nitrogens with zero attached hydrogens (tertiary/aromatic N) is 1. The molecular weight excluding hydrogens is 402 g/mol. The molecule has 0 radical (unpaired) electrons. The highest BCUT2D eigenvalue weighted by atomic mass is 16.3. The number of carbonyl (C=O) groups excluding carboxylic acids is 1. The van der Waals surface area contributed by atoms with Crippen molar-refractivity contribution in [1.29, 1.82) is 0 Å². The fraction of sp³-hybridized carbons (Fsp3) is 0.192. The predicted octanol–water partition coefficient (Wildman–Crippen LogP) is 4.89. The van der Waals surface area contributed by atoms with E-state index in [1.807, 2.05) is 56.3 Å². The lowest BCUT2D eigenvalue weighted by Crippen LogP contribution is -2.16. The summed E-state index contributed by atoms with van der Waals surface area (Å²) in [6.07, 6.45) is 3.38. The molecule has 0 fully saturated rings. The van der Waals surface area contributed by atoms with Crippen LogP contribution in [0.3, 0.4) is 0 Å². The number of carbonyl (C=O) groups is 1. The molecule has 2 aromatic carbocycles. The summed E-state index contributed by atoms with van der Waals surface area (Å²) in [6.45, 7) is 6.29. The van der Waals surface area contributed by atoms with Gasteiger partial charge >= 0.3 is 0 Å². The van der Waals surface area contributed by atoms with Crippen molar-refractivity contribution < 1.29 is 9.21 Å². The molecule has 6 nitrogen and oxygen atoms in total. The van der Waals surface area contributed by atoms with E-state index in [-0.39, 0.29) is 17.4 Å². The first-order valence-corrected chi connectivity index (χ1v) is 10.6. The minimum atomic E-state index is -0.204. The summed E-state index contributed by atoms with van der Waals surface area (Å²) in [7, 11) is 0. The van der Waals surface area contributed by atoms with Gasteiger partial charge in [-0.05, 0) is 56.2 Å². The molecule has 3 heterocycles. The zero-order valence-electron chi connectivity index (χ0n) is 18.2. The van der Waals surface area contributed by atoms with Crippen molar-refractivity contribution in [1.82, 2.24) is 10.3 Å². The van der Waals surface area contributed by atoms with E-state index in [0.29, 0.717) is 34.4 Å². The van der Waals surface area contributed by atoms with Crippen LogP contribution in [0.1, 0.15) is 45.6 Å². The summed E-state index contributed by atoms with van der Waals surface area (Å²) in [5.41, 5.74) is 6.04. The molecule has 4 aromatic rings. The molecule has 0 saturated heterocycles. The van der Waals surface area contributed by atoms with E-state index >= 15 is 0 Å². The van der Waals surface area contributed by atoms with E-state index in [4.69, 9.17) is 4.42 Å². The van der Waals surface area contributed by atoms with Crippen LogP contribution in [-0.4, -0.2) is 10.9 Å². The fourth-order valence-electron chi connectivity index (χ4n) is 4.37. The molecule has 1 aliphatic rings. The Labute approximate surface area is 185 Å². The summed E-state index contributed by atoms with van der Waals surface area (Å²) in [4.78, 5) is 29.8. The van der Waals surface area contributed by atoms with Gasteiger partial charge in [0.2, 0.25) is 0 Å². The van der Waals surface area contributed by atoms with Crippen molar-refractivity contribution in [2.45, 2.75) is 33.4 Å². The van der Waals surface area contributed by atoms with Crippen LogP contribution in [0.25, 0.3) is 22.3 Å². The Morgan fingerprint density at radius 2 is 1.97 bits per heavy atom. The van der Waals surface area contributed by atoms with Gasteiger partial charge in [-0.1, -0.05) is 18.2 Å². The van der Waals surface area contributed by atoms with Crippen molar-refractivity contribution >= 4 is 22.6 Å². The third-order valence-corrected chi connectivity index (χ3v) is 5.97. The maximum atomic E-state index is 13.3. The normalized spacial score (nSPS) is 13.7. The van der Waals surface area contributed by atoms with Crippen LogP contribution in [0.2, 0.25) is 0 Å². The van der Waals surface area contributed by atoms with Gasteiger partial charge in [0.1, 0.15) is 11.3 Å². The molecule has 0 spiro atoms. The Bertz CT molecular complexity index is 1420. The first-order chi connectivity index (χ1) is 15.4. The second kappa shape index (κ2) is 7.64. The number of fused-ring (bicyclic) bond motifs is 2. The van der Waals surface area contributed by atoms with E-state index in [0.717, 1.165) is 27.9 Å². The molecule has 1 atom stereocenters. The molecule has 0 unspecified atom stereocenters. The molecule has 32 heavy (non-hydrogen) atoms. The standard InChI is InChI=1S/C26H23N3O3/c1-14-10-19(16(3)29-21-8-4-6-17-13-28-26(31)22(17)21)25-20(11-14)23(30)15(2)24(32-25)18-7-5-9-27-12-18/h4-12,16,29H,13H2,1-3H3,(H,28,31)/t16-/m1/s1. The number of hydrogen-bond acceptors (Lipinski definition) is 5. The lowest BCUT2D eigenvalue weighted by Gasteiger charge is -2.20. The van der Waals surface area contributed by atoms with Gasteiger partial charge in [-0.25, -0.2) is 0 Å². The number of aryl methyl sites for hydroxylation is 1. The van der Waals surface area contributed by atoms with E-state index in [2.05, 4.69) is 15.6 Å². The van der Waals surface area contributed by atoms with Crippen LogP contribution in [0.15, 0.2) is 64.1 Å². The van der Waals surface area contributed by atoms with Crippen molar-refractivity contribution in [3.63, 3.8) is 0 Å². The van der Waals surface area contributed by atoms with Crippen LogP contribution in [0.4, 0.5) is 5.69 Å². The average molecular weight is 425 g/mol. The van der Waals surface area contributed by atoms with Gasteiger partial charge in [-0.15, -0.1) is 0 Å². The molecule has 5 rings (SSSR count). The first-order valence-electron chi connectivity index (χ1n) is 10.6. The third-order valence-electron chi connectivity index (χ3n) is 5.97. The van der Waals surface area contributed by atoms with Gasteiger partial charge in [0.25, 0.3) is 5.91 Å². The summed E-state index contributed by atoms with van der Waals surface area (Å²) >= 11 is 0. The molecule has 6 heteroatoms. The average Bonchev–Trinajstić information content (AvgIpc) is 3.18. The SMILES string of the molecule is Cc1cc([C@@H](C)Nc2cccc3c2C(=O)NC3)c2oc(-c3cccnc3)c(C)c(=O)c2c1. The molecule has 160 valence electrons. The number of benzene rings is 2. The number of pyridine rings is 1. The molecule has 1 aliphatic heterocycles. The maximum Gasteiger partial charge on any atom is 0.253 e. The summed E-state index contributed by atoms with van der Waals surface area (Å²) in [5.74, 6) is 0.443. The molecule has 0 bridgehead atoms. The lowest BCUT2D eigenvalue weighted by atomic mass is 9.98. The number of nitrogens with one attached hydrogen (secondary N) is 2. The number of anilines is 1. The largest absolute Gasteiger partial charge is 0.455 e. The van der Waals surface area contributed by atoms with Gasteiger partial charge < -0.3 is 15.1 Å². The van der Waals surface area contributed by atoms with E-state index in [1.165, 1.54) is 0 Å². The third kappa shape index (κ3) is 3.24. The molecular formula is C26H23N3O3. The maximum absolute atomic E-state index is 13.3. The van der Waals surface area contributed by atoms with Gasteiger partial charge in [-0.2, -0.15) is 0 Å². The minimum Gasteiger partial charge on any atom is -0.455 e. The van der Waals surface area contributed by atoms with E-state index < -0.39 is 0 Å². The second-order valence-electron chi connectivity index (χ2n) is 8.25. The van der Waals surface area contributed by atoms with Crippen LogP contribution >= 0.6 is 0 Å². The number of amides is 1. The fourth-order valence-corrected chi connectivity index (χ4v) is 4.37. The highest BCUT2D eigenvalue weighted by molar-refractivity contribution is 6.03. The monoisotopic (exact) mass is 425 g/mol. The molecule has 0 aliphatic carbocycles. The van der Waals surface area contributed by atoms with Crippen molar-refractivity contribution in [2.24, 2.45) is 0 Å². The van der Waals surface area contributed by atoms with Crippen molar-refractivity contribution in [2.75, 3.05) is 5.32 Å². The number of rotatable bonds is 4. The molecule has 1 amide bonds. The quantitative estimate of drug-likeness (QED) is 0.486. The summed E-state index contributed by atoms with van der Waals surface area (Å²) < 4.78 is 6.36. The van der Waals surface area contributed by atoms with Gasteiger partial charge in [-0.3, -0.25) is 14.6 Å². The Hall–Kier alpha value is -3.93. The zero-order chi connectivity index (χ0) is 22.4. The van der Waals surface area contributed by atoms with E-state index in [9.17, 15) is 9.59 Å². The topological polar surface area (TPSA) is 84.2 Å². The summed E-state index contributed by atoms with van der Waals surface area (Å²) in [6, 6.07) is 13.2. The van der Waals surface area contributed by atoms with E-state index in [1.54, 1.807) is 19.3 Å². The Balaban J connectivity index is 1.66. The second-order valence-corrected chi connectivity index (χ2v) is 8.25. The first kappa shape index (κ1) is 20.0. The summed E-state index contributed by atoms with van der Waals surface area (Å²) in [5, 5.41) is 6.89. The molecule has 0 saturated carbocycles. The van der Waals surface area contributed by atoms with Gasteiger partial charge in [0.15, 0.2) is 5.43 Å². The van der Waals surface area contributed by atoms with Crippen LogP contribution in [0, 0.1) is 13.8 Å². The van der Waals surface area contributed by atoms with Gasteiger partial charge in [0.05, 0.1) is 17.0 Å². The molecule has 2 aromatic heterocycles. The molecule has 2 N–H and O–H groups in total. The highest BCUT2D eigenvalue weighted by Crippen LogP contribution is 2.33. The van der Waals surface area contributed by atoms with Crippen LogP contribution in [-0.2, 0) is 6.54 Å². The van der Waals surface area contributed by atoms with Crippen molar-refractivity contribution in [3.05, 3.63) is 92.9 Å². The number of hydrogen-bond donors (Lipinski definition) is 2. The Morgan fingerprint density at radius 1 is 1.12 bits per heavy atom. The Kier molecular flexibility index (Phi) is 4.78. The van der Waals surface area contributed by atoms with Crippen molar-refractivity contribution in [3.8, 4) is 11.3 Å². The zero-order valence-corrected chi connectivity index (χ0v) is 18.2. The van der Waals surface area contributed by atoms with Crippen LogP contribution < -0.4 is 16.1 Å². The predicted molar refractivity (Wildman–Crippen MR) is 125 cm³/mol.